The van der Waals surface area contributed by atoms with Gasteiger partial charge in [0.25, 0.3) is 5.91 Å². The van der Waals surface area contributed by atoms with Crippen molar-refractivity contribution in [1.29, 1.82) is 0 Å². The Morgan fingerprint density at radius 1 is 1.29 bits per heavy atom. The first-order valence-corrected chi connectivity index (χ1v) is 6.34. The van der Waals surface area contributed by atoms with E-state index in [1.54, 1.807) is 24.3 Å². The van der Waals surface area contributed by atoms with E-state index in [4.69, 9.17) is 9.84 Å². The summed E-state index contributed by atoms with van der Waals surface area (Å²) in [6, 6.07) is 9.70. The van der Waals surface area contributed by atoms with E-state index in [2.05, 4.69) is 10.3 Å². The maximum atomic E-state index is 12.2. The van der Waals surface area contributed by atoms with Crippen LogP contribution in [0.5, 0.6) is 5.75 Å². The summed E-state index contributed by atoms with van der Waals surface area (Å²) in [4.78, 5) is 26.7. The number of carbonyl (C=O) groups excluding carboxylic acids is 1. The monoisotopic (exact) mass is 286 g/mol. The molecule has 1 amide bonds. The van der Waals surface area contributed by atoms with Crippen LogP contribution in [-0.4, -0.2) is 28.6 Å². The van der Waals surface area contributed by atoms with E-state index in [0.717, 1.165) is 0 Å². The molecule has 2 N–H and O–H groups in total. The minimum Gasteiger partial charge on any atom is -0.492 e. The fourth-order valence-electron chi connectivity index (χ4n) is 1.73. The third kappa shape index (κ3) is 3.56. The zero-order valence-corrected chi connectivity index (χ0v) is 11.4. The highest BCUT2D eigenvalue weighted by molar-refractivity contribution is 6.05. The molecule has 21 heavy (non-hydrogen) atoms. The minimum absolute atomic E-state index is 0.180. The summed E-state index contributed by atoms with van der Waals surface area (Å²) in [5, 5.41) is 11.6. The van der Waals surface area contributed by atoms with Gasteiger partial charge >= 0.3 is 5.97 Å². The quantitative estimate of drug-likeness (QED) is 0.881. The number of hydrogen-bond donors (Lipinski definition) is 2. The molecule has 0 radical (unpaired) electrons. The van der Waals surface area contributed by atoms with Crippen molar-refractivity contribution < 1.29 is 19.4 Å². The average Bonchev–Trinajstić information content (AvgIpc) is 2.49. The van der Waals surface area contributed by atoms with Crippen LogP contribution in [0.2, 0.25) is 0 Å². The molecule has 0 bridgehead atoms. The number of nitrogens with zero attached hydrogens (tertiary/aromatic N) is 1. The summed E-state index contributed by atoms with van der Waals surface area (Å²) < 4.78 is 5.41. The summed E-state index contributed by atoms with van der Waals surface area (Å²) in [5.74, 6) is -1.05. The summed E-state index contributed by atoms with van der Waals surface area (Å²) in [6.07, 6.45) is 1.28. The minimum atomic E-state index is -1.18. The van der Waals surface area contributed by atoms with Gasteiger partial charge in [0.15, 0.2) is 0 Å². The number of pyridine rings is 1. The van der Waals surface area contributed by atoms with Crippen LogP contribution in [0, 0.1) is 0 Å². The standard InChI is InChI=1S/C15H14N2O4/c1-2-21-13-6-4-3-5-11(13)17-14(18)10-7-8-16-12(9-10)15(19)20/h3-9H,2H2,1H3,(H,17,18)(H,19,20). The molecule has 2 rings (SSSR count). The second kappa shape index (κ2) is 6.51. The SMILES string of the molecule is CCOc1ccccc1NC(=O)c1ccnc(C(=O)O)c1. The lowest BCUT2D eigenvalue weighted by Crippen LogP contribution is -2.14. The maximum absolute atomic E-state index is 12.2. The Morgan fingerprint density at radius 2 is 2.05 bits per heavy atom. The first-order valence-electron chi connectivity index (χ1n) is 6.34. The van der Waals surface area contributed by atoms with Crippen molar-refractivity contribution in [2.45, 2.75) is 6.92 Å². The van der Waals surface area contributed by atoms with Gasteiger partial charge in [-0.05, 0) is 31.2 Å². The number of rotatable bonds is 5. The van der Waals surface area contributed by atoms with Crippen molar-refractivity contribution >= 4 is 17.6 Å². The second-order valence-electron chi connectivity index (χ2n) is 4.12. The lowest BCUT2D eigenvalue weighted by atomic mass is 10.2. The number of amides is 1. The molecule has 0 aliphatic rings. The van der Waals surface area contributed by atoms with Crippen LogP contribution in [0.1, 0.15) is 27.8 Å². The number of benzene rings is 1. The number of nitrogens with one attached hydrogen (secondary N) is 1. The number of aromatic carboxylic acids is 1. The van der Waals surface area contributed by atoms with Gasteiger partial charge in [0.1, 0.15) is 11.4 Å². The van der Waals surface area contributed by atoms with Crippen LogP contribution in [0.15, 0.2) is 42.6 Å². The van der Waals surface area contributed by atoms with E-state index in [9.17, 15) is 9.59 Å². The van der Waals surface area contributed by atoms with E-state index >= 15 is 0 Å². The van der Waals surface area contributed by atoms with E-state index in [-0.39, 0.29) is 11.3 Å². The van der Waals surface area contributed by atoms with Crippen LogP contribution in [0.25, 0.3) is 0 Å². The fraction of sp³-hybridized carbons (Fsp3) is 0.133. The van der Waals surface area contributed by atoms with E-state index in [1.165, 1.54) is 18.3 Å². The molecule has 0 saturated heterocycles. The Hall–Kier alpha value is -2.89. The van der Waals surface area contributed by atoms with Gasteiger partial charge in [-0.1, -0.05) is 12.1 Å². The van der Waals surface area contributed by atoms with Gasteiger partial charge in [0.05, 0.1) is 12.3 Å². The normalized spacial score (nSPS) is 9.95. The molecule has 108 valence electrons. The highest BCUT2D eigenvalue weighted by Gasteiger charge is 2.12. The first kappa shape index (κ1) is 14.5. The Morgan fingerprint density at radius 3 is 2.76 bits per heavy atom. The van der Waals surface area contributed by atoms with Crippen LogP contribution < -0.4 is 10.1 Å². The number of carboxylic acid groups (broad SMARTS) is 1. The molecule has 1 aromatic heterocycles. The largest absolute Gasteiger partial charge is 0.492 e. The maximum Gasteiger partial charge on any atom is 0.354 e. The van der Waals surface area contributed by atoms with Crippen molar-refractivity contribution in [3.05, 3.63) is 53.9 Å². The molecule has 6 heteroatoms. The van der Waals surface area contributed by atoms with Crippen LogP contribution in [0.3, 0.4) is 0 Å². The molecule has 0 aliphatic heterocycles. The highest BCUT2D eigenvalue weighted by Crippen LogP contribution is 2.24. The van der Waals surface area contributed by atoms with Crippen LogP contribution in [0.4, 0.5) is 5.69 Å². The third-order valence-electron chi connectivity index (χ3n) is 2.68. The Balaban J connectivity index is 2.22. The van der Waals surface area contributed by atoms with Gasteiger partial charge in [0.2, 0.25) is 0 Å². The van der Waals surface area contributed by atoms with Gasteiger partial charge < -0.3 is 15.2 Å². The van der Waals surface area contributed by atoms with E-state index in [0.29, 0.717) is 18.0 Å². The summed E-state index contributed by atoms with van der Waals surface area (Å²) in [5.41, 5.74) is 0.562. The van der Waals surface area contributed by atoms with E-state index < -0.39 is 11.9 Å². The number of hydrogen-bond acceptors (Lipinski definition) is 4. The molecule has 0 aliphatic carbocycles. The number of para-hydroxylation sites is 2. The third-order valence-corrected chi connectivity index (χ3v) is 2.68. The highest BCUT2D eigenvalue weighted by atomic mass is 16.5. The van der Waals surface area contributed by atoms with Crippen LogP contribution in [-0.2, 0) is 0 Å². The molecule has 0 atom stereocenters. The molecule has 6 nitrogen and oxygen atoms in total. The summed E-state index contributed by atoms with van der Waals surface area (Å²) in [6.45, 7) is 2.33. The van der Waals surface area contributed by atoms with Crippen molar-refractivity contribution in [1.82, 2.24) is 4.98 Å². The average molecular weight is 286 g/mol. The molecule has 0 fully saturated rings. The predicted molar refractivity (Wildman–Crippen MR) is 76.8 cm³/mol. The zero-order chi connectivity index (χ0) is 15.2. The topological polar surface area (TPSA) is 88.5 Å². The molecular formula is C15H14N2O4. The molecule has 1 aromatic carbocycles. The molecule has 0 unspecified atom stereocenters. The van der Waals surface area contributed by atoms with Crippen molar-refractivity contribution in [3.8, 4) is 5.75 Å². The van der Waals surface area contributed by atoms with Crippen molar-refractivity contribution in [2.24, 2.45) is 0 Å². The zero-order valence-electron chi connectivity index (χ0n) is 11.4. The van der Waals surface area contributed by atoms with Gasteiger partial charge in [-0.2, -0.15) is 0 Å². The van der Waals surface area contributed by atoms with Crippen LogP contribution >= 0.6 is 0 Å². The number of carbonyl (C=O) groups is 2. The van der Waals surface area contributed by atoms with Crippen molar-refractivity contribution in [3.63, 3.8) is 0 Å². The number of aromatic nitrogens is 1. The van der Waals surface area contributed by atoms with E-state index in [1.807, 2.05) is 6.92 Å². The number of ether oxygens (including phenoxy) is 1. The van der Waals surface area contributed by atoms with Gasteiger partial charge in [-0.25, -0.2) is 9.78 Å². The molecule has 0 spiro atoms. The van der Waals surface area contributed by atoms with Crippen molar-refractivity contribution in [2.75, 3.05) is 11.9 Å². The van der Waals surface area contributed by atoms with Gasteiger partial charge in [0, 0.05) is 11.8 Å². The molecule has 2 aromatic rings. The number of anilines is 1. The summed E-state index contributed by atoms with van der Waals surface area (Å²) >= 11 is 0. The Bertz CT molecular complexity index is 670. The smallest absolute Gasteiger partial charge is 0.354 e. The first-order chi connectivity index (χ1) is 10.1. The predicted octanol–water partition coefficient (Wildman–Crippen LogP) is 2.43. The summed E-state index contributed by atoms with van der Waals surface area (Å²) in [7, 11) is 0. The van der Waals surface area contributed by atoms with Gasteiger partial charge in [-0.3, -0.25) is 4.79 Å². The molecule has 0 saturated carbocycles. The Labute approximate surface area is 121 Å². The van der Waals surface area contributed by atoms with Gasteiger partial charge in [-0.15, -0.1) is 0 Å². The molecular weight excluding hydrogens is 272 g/mol. The Kier molecular flexibility index (Phi) is 4.50. The lowest BCUT2D eigenvalue weighted by Gasteiger charge is -2.11. The second-order valence-corrected chi connectivity index (χ2v) is 4.12. The number of carboxylic acids is 1. The fourth-order valence-corrected chi connectivity index (χ4v) is 1.73. The lowest BCUT2D eigenvalue weighted by molar-refractivity contribution is 0.0690. The molecule has 1 heterocycles.